The van der Waals surface area contributed by atoms with Crippen molar-refractivity contribution in [1.82, 2.24) is 29.9 Å². The van der Waals surface area contributed by atoms with E-state index >= 15 is 0 Å². The summed E-state index contributed by atoms with van der Waals surface area (Å²) in [5, 5.41) is 11.5. The minimum absolute atomic E-state index is 0.143. The maximum Gasteiger partial charge on any atom is 0.434 e. The Morgan fingerprint density at radius 1 is 1.18 bits per heavy atom. The molecule has 1 saturated heterocycles. The third-order valence-corrected chi connectivity index (χ3v) is 5.76. The van der Waals surface area contributed by atoms with Gasteiger partial charge in [0.1, 0.15) is 5.82 Å². The number of para-hydroxylation sites is 1. The Kier molecular flexibility index (Phi) is 6.30. The van der Waals surface area contributed by atoms with Crippen LogP contribution in [0.25, 0.3) is 5.69 Å². The number of benzene rings is 1. The zero-order chi connectivity index (χ0) is 23.6. The van der Waals surface area contributed by atoms with Crippen LogP contribution in [-0.2, 0) is 6.18 Å². The Morgan fingerprint density at radius 3 is 2.55 bits per heavy atom. The second-order valence-electron chi connectivity index (χ2n) is 8.15. The number of aromatic nitrogens is 5. The minimum Gasteiger partial charge on any atom is -0.364 e. The first kappa shape index (κ1) is 22.7. The number of carbonyl (C=O) groups is 1. The first-order valence-electron chi connectivity index (χ1n) is 10.7. The van der Waals surface area contributed by atoms with Crippen LogP contribution in [0.5, 0.6) is 0 Å². The molecule has 1 aliphatic heterocycles. The van der Waals surface area contributed by atoms with Crippen molar-refractivity contribution >= 4 is 11.7 Å². The highest BCUT2D eigenvalue weighted by Gasteiger charge is 2.39. The molecule has 1 N–H and O–H groups in total. The van der Waals surface area contributed by atoms with Gasteiger partial charge in [-0.1, -0.05) is 26.0 Å². The molecule has 1 fully saturated rings. The summed E-state index contributed by atoms with van der Waals surface area (Å²) in [6.45, 7) is 4.61. The number of anilines is 1. The summed E-state index contributed by atoms with van der Waals surface area (Å²) in [7, 11) is 0. The van der Waals surface area contributed by atoms with Gasteiger partial charge in [0.25, 0.3) is 5.91 Å². The van der Waals surface area contributed by atoms with Gasteiger partial charge in [0.15, 0.2) is 5.69 Å². The number of alkyl halides is 3. The molecule has 3 unspecified atom stereocenters. The van der Waals surface area contributed by atoms with Crippen molar-refractivity contribution in [2.24, 2.45) is 5.92 Å². The van der Waals surface area contributed by atoms with Crippen LogP contribution in [0.1, 0.15) is 42.7 Å². The largest absolute Gasteiger partial charge is 0.434 e. The molecule has 11 heteroatoms. The van der Waals surface area contributed by atoms with Crippen molar-refractivity contribution in [3.8, 4) is 5.69 Å². The van der Waals surface area contributed by atoms with E-state index in [0.29, 0.717) is 30.4 Å². The molecular formula is C22H24F3N7O. The van der Waals surface area contributed by atoms with E-state index in [-0.39, 0.29) is 29.7 Å². The predicted molar refractivity (Wildman–Crippen MR) is 115 cm³/mol. The molecule has 0 spiro atoms. The average molecular weight is 459 g/mol. The molecule has 1 aromatic carbocycles. The number of hydrogen-bond donors (Lipinski definition) is 1. The van der Waals surface area contributed by atoms with Crippen molar-refractivity contribution in [3.63, 3.8) is 0 Å². The van der Waals surface area contributed by atoms with E-state index in [4.69, 9.17) is 0 Å². The molecule has 0 bridgehead atoms. The van der Waals surface area contributed by atoms with E-state index in [0.717, 1.165) is 12.6 Å². The van der Waals surface area contributed by atoms with Crippen LogP contribution in [0.4, 0.5) is 19.0 Å². The molecule has 1 amide bonds. The van der Waals surface area contributed by atoms with Crippen LogP contribution in [0.15, 0.2) is 49.1 Å². The number of amides is 1. The topological polar surface area (TPSA) is 88.8 Å². The third-order valence-electron chi connectivity index (χ3n) is 5.76. The Morgan fingerprint density at radius 2 is 1.91 bits per heavy atom. The molecule has 0 radical (unpaired) electrons. The van der Waals surface area contributed by atoms with Crippen LogP contribution in [-0.4, -0.2) is 54.4 Å². The highest BCUT2D eigenvalue weighted by Crippen LogP contribution is 2.31. The predicted octanol–water partition coefficient (Wildman–Crippen LogP) is 3.82. The second-order valence-corrected chi connectivity index (χ2v) is 8.15. The third kappa shape index (κ3) is 4.81. The zero-order valence-electron chi connectivity index (χ0n) is 18.2. The molecule has 0 aliphatic carbocycles. The van der Waals surface area contributed by atoms with E-state index in [1.807, 2.05) is 17.9 Å². The van der Waals surface area contributed by atoms with Gasteiger partial charge < -0.3 is 10.2 Å². The SMILES string of the molecule is CCC(Nc1cnc(C(F)(F)F)cn1)C1CC(C)CN1C(=O)c1ccccc1-n1nccn1. The van der Waals surface area contributed by atoms with Crippen molar-refractivity contribution in [3.05, 3.63) is 60.3 Å². The molecule has 8 nitrogen and oxygen atoms in total. The normalized spacial score (nSPS) is 19.5. The maximum atomic E-state index is 13.6. The quantitative estimate of drug-likeness (QED) is 0.603. The van der Waals surface area contributed by atoms with Crippen molar-refractivity contribution in [2.75, 3.05) is 11.9 Å². The Balaban J connectivity index is 1.58. The summed E-state index contributed by atoms with van der Waals surface area (Å²) >= 11 is 0. The van der Waals surface area contributed by atoms with Gasteiger partial charge in [-0.25, -0.2) is 9.97 Å². The maximum absolute atomic E-state index is 13.6. The van der Waals surface area contributed by atoms with E-state index in [1.165, 1.54) is 4.80 Å². The lowest BCUT2D eigenvalue weighted by Gasteiger charge is -2.32. The van der Waals surface area contributed by atoms with Crippen molar-refractivity contribution in [2.45, 2.75) is 44.9 Å². The standard InChI is InChI=1S/C22H24F3N7O/c1-3-16(30-20-12-26-19(11-27-20)22(23,24)25)18-10-14(2)13-31(18)21(33)15-6-4-5-7-17(15)32-28-8-9-29-32/h4-9,11-12,14,16,18H,3,10,13H2,1-2H3,(H,27,30). The Labute approximate surface area is 188 Å². The highest BCUT2D eigenvalue weighted by molar-refractivity contribution is 5.98. The first-order chi connectivity index (χ1) is 15.8. The number of likely N-dealkylation sites (tertiary alicyclic amines) is 1. The zero-order valence-corrected chi connectivity index (χ0v) is 18.2. The summed E-state index contributed by atoms with van der Waals surface area (Å²) in [4.78, 5) is 24.2. The Bertz CT molecular complexity index is 1090. The molecule has 1 aliphatic rings. The lowest BCUT2D eigenvalue weighted by atomic mass is 9.99. The fraction of sp³-hybridized carbons (Fsp3) is 0.409. The number of rotatable bonds is 6. The van der Waals surface area contributed by atoms with Crippen LogP contribution < -0.4 is 5.32 Å². The van der Waals surface area contributed by atoms with Gasteiger partial charge in [0.05, 0.1) is 42.1 Å². The van der Waals surface area contributed by atoms with Gasteiger partial charge in [0.2, 0.25) is 0 Å². The van der Waals surface area contributed by atoms with E-state index < -0.39 is 11.9 Å². The highest BCUT2D eigenvalue weighted by atomic mass is 19.4. The molecule has 3 aromatic rings. The Hall–Kier alpha value is -3.50. The molecule has 2 aromatic heterocycles. The van der Waals surface area contributed by atoms with Crippen LogP contribution in [0.3, 0.4) is 0 Å². The smallest absolute Gasteiger partial charge is 0.364 e. The lowest BCUT2D eigenvalue weighted by molar-refractivity contribution is -0.141. The van der Waals surface area contributed by atoms with Gasteiger partial charge in [-0.05, 0) is 30.9 Å². The first-order valence-corrected chi connectivity index (χ1v) is 10.7. The van der Waals surface area contributed by atoms with E-state index in [9.17, 15) is 18.0 Å². The van der Waals surface area contributed by atoms with Gasteiger partial charge >= 0.3 is 6.18 Å². The second kappa shape index (κ2) is 9.16. The summed E-state index contributed by atoms with van der Waals surface area (Å²) in [6.07, 6.45) is 1.74. The summed E-state index contributed by atoms with van der Waals surface area (Å²) in [6, 6.07) is 6.77. The summed E-state index contributed by atoms with van der Waals surface area (Å²) in [5.41, 5.74) is 0.0219. The number of nitrogens with one attached hydrogen (secondary N) is 1. The van der Waals surface area contributed by atoms with Crippen LogP contribution in [0.2, 0.25) is 0 Å². The van der Waals surface area contributed by atoms with Gasteiger partial charge in [-0.15, -0.1) is 0 Å². The lowest BCUT2D eigenvalue weighted by Crippen LogP contribution is -2.46. The number of carbonyl (C=O) groups excluding carboxylic acids is 1. The van der Waals surface area contributed by atoms with Gasteiger partial charge in [0, 0.05) is 12.6 Å². The summed E-state index contributed by atoms with van der Waals surface area (Å²) in [5.74, 6) is 0.363. The monoisotopic (exact) mass is 459 g/mol. The van der Waals surface area contributed by atoms with Gasteiger partial charge in [-0.3, -0.25) is 4.79 Å². The fourth-order valence-electron chi connectivity index (χ4n) is 4.23. The minimum atomic E-state index is -4.55. The molecule has 4 rings (SSSR count). The molecule has 3 heterocycles. The van der Waals surface area contributed by atoms with Crippen molar-refractivity contribution in [1.29, 1.82) is 0 Å². The van der Waals surface area contributed by atoms with Crippen LogP contribution >= 0.6 is 0 Å². The number of halogens is 3. The number of nitrogens with zero attached hydrogens (tertiary/aromatic N) is 6. The molecule has 0 saturated carbocycles. The van der Waals surface area contributed by atoms with Crippen LogP contribution in [0, 0.1) is 5.92 Å². The van der Waals surface area contributed by atoms with E-state index in [2.05, 4.69) is 32.4 Å². The fourth-order valence-corrected chi connectivity index (χ4v) is 4.23. The van der Waals surface area contributed by atoms with Gasteiger partial charge in [-0.2, -0.15) is 28.2 Å². The van der Waals surface area contributed by atoms with E-state index in [1.54, 1.807) is 30.6 Å². The average Bonchev–Trinajstić information content (AvgIpc) is 3.47. The molecule has 174 valence electrons. The molecule has 3 atom stereocenters. The molecule has 33 heavy (non-hydrogen) atoms. The summed E-state index contributed by atoms with van der Waals surface area (Å²) < 4.78 is 38.4. The van der Waals surface area contributed by atoms with Crippen molar-refractivity contribution < 1.29 is 18.0 Å². The number of hydrogen-bond acceptors (Lipinski definition) is 6. The molecular weight excluding hydrogens is 435 g/mol.